The lowest BCUT2D eigenvalue weighted by molar-refractivity contribution is -0.127. The molecule has 98 valence electrons. The Hall–Kier alpha value is -1.51. The number of nitrogens with zero attached hydrogens (tertiary/aromatic N) is 1. The maximum atomic E-state index is 11.8. The van der Waals surface area contributed by atoms with Gasteiger partial charge in [0, 0.05) is 19.3 Å². The molecule has 0 bridgehead atoms. The maximum Gasteiger partial charge on any atom is 0.244 e. The molecule has 2 rings (SSSR count). The van der Waals surface area contributed by atoms with Gasteiger partial charge in [-0.15, -0.1) is 0 Å². The normalized spacial score (nSPS) is 19.3. The van der Waals surface area contributed by atoms with Crippen molar-refractivity contribution in [3.63, 3.8) is 0 Å². The lowest BCUT2D eigenvalue weighted by Gasteiger charge is -2.13. The topological polar surface area (TPSA) is 32.3 Å². The standard InChI is InChI=1S/C15H22N2O/c1-3-4-5-12-6-8-13(9-7-12)16-14-10-11-17(2)15(14)18/h6-9,14,16H,3-5,10-11H2,1-2H3. The number of amides is 1. The lowest BCUT2D eigenvalue weighted by atomic mass is 10.1. The van der Waals surface area contributed by atoms with Gasteiger partial charge in [0.2, 0.25) is 5.91 Å². The maximum absolute atomic E-state index is 11.8. The molecule has 1 aromatic rings. The number of carbonyl (C=O) groups is 1. The highest BCUT2D eigenvalue weighted by atomic mass is 16.2. The third-order valence-corrected chi connectivity index (χ3v) is 3.54. The first-order valence-corrected chi connectivity index (χ1v) is 6.81. The van der Waals surface area contributed by atoms with Crippen molar-refractivity contribution in [2.24, 2.45) is 0 Å². The molecule has 0 aromatic heterocycles. The van der Waals surface area contributed by atoms with Crippen LogP contribution in [0.25, 0.3) is 0 Å². The Bertz CT molecular complexity index is 399. The largest absolute Gasteiger partial charge is 0.374 e. The van der Waals surface area contributed by atoms with Gasteiger partial charge in [0.15, 0.2) is 0 Å². The molecule has 1 aromatic carbocycles. The molecule has 1 amide bonds. The first-order chi connectivity index (χ1) is 8.70. The van der Waals surface area contributed by atoms with E-state index in [0.29, 0.717) is 0 Å². The molecule has 1 aliphatic heterocycles. The third-order valence-electron chi connectivity index (χ3n) is 3.54. The van der Waals surface area contributed by atoms with Gasteiger partial charge in [0.1, 0.15) is 6.04 Å². The number of anilines is 1. The van der Waals surface area contributed by atoms with Crippen LogP contribution in [0.4, 0.5) is 5.69 Å². The fourth-order valence-electron chi connectivity index (χ4n) is 2.31. The van der Waals surface area contributed by atoms with Gasteiger partial charge in [0.25, 0.3) is 0 Å². The molecule has 0 aliphatic carbocycles. The number of nitrogens with one attached hydrogen (secondary N) is 1. The van der Waals surface area contributed by atoms with E-state index in [4.69, 9.17) is 0 Å². The van der Waals surface area contributed by atoms with Crippen molar-refractivity contribution in [3.8, 4) is 0 Å². The summed E-state index contributed by atoms with van der Waals surface area (Å²) in [7, 11) is 1.86. The zero-order valence-corrected chi connectivity index (χ0v) is 11.3. The van der Waals surface area contributed by atoms with E-state index in [1.807, 2.05) is 7.05 Å². The van der Waals surface area contributed by atoms with Crippen molar-refractivity contribution in [2.75, 3.05) is 18.9 Å². The molecule has 3 nitrogen and oxygen atoms in total. The Kier molecular flexibility index (Phi) is 4.24. The van der Waals surface area contributed by atoms with Crippen LogP contribution in [-0.4, -0.2) is 30.4 Å². The minimum Gasteiger partial charge on any atom is -0.374 e. The fraction of sp³-hybridized carbons (Fsp3) is 0.533. The number of likely N-dealkylation sites (tertiary alicyclic amines) is 1. The van der Waals surface area contributed by atoms with E-state index < -0.39 is 0 Å². The summed E-state index contributed by atoms with van der Waals surface area (Å²) in [6.45, 7) is 3.06. The van der Waals surface area contributed by atoms with Gasteiger partial charge in [0.05, 0.1) is 0 Å². The van der Waals surface area contributed by atoms with E-state index in [1.165, 1.54) is 18.4 Å². The minimum absolute atomic E-state index is 0.0449. The summed E-state index contributed by atoms with van der Waals surface area (Å²) < 4.78 is 0. The molecule has 18 heavy (non-hydrogen) atoms. The van der Waals surface area contributed by atoms with Gasteiger partial charge in [-0.25, -0.2) is 0 Å². The van der Waals surface area contributed by atoms with E-state index in [2.05, 4.69) is 36.5 Å². The highest BCUT2D eigenvalue weighted by Crippen LogP contribution is 2.17. The van der Waals surface area contributed by atoms with E-state index in [-0.39, 0.29) is 11.9 Å². The summed E-state index contributed by atoms with van der Waals surface area (Å²) in [5.41, 5.74) is 2.42. The molecule has 1 atom stereocenters. The number of benzene rings is 1. The average molecular weight is 246 g/mol. The number of rotatable bonds is 5. The molecule has 1 aliphatic rings. The predicted molar refractivity (Wildman–Crippen MR) is 74.7 cm³/mol. The smallest absolute Gasteiger partial charge is 0.244 e. The first-order valence-electron chi connectivity index (χ1n) is 6.81. The van der Waals surface area contributed by atoms with Crippen LogP contribution in [0.2, 0.25) is 0 Å². The fourth-order valence-corrected chi connectivity index (χ4v) is 2.31. The molecule has 1 heterocycles. The highest BCUT2D eigenvalue weighted by molar-refractivity contribution is 5.86. The van der Waals surface area contributed by atoms with Gasteiger partial charge in [-0.3, -0.25) is 4.79 Å². The van der Waals surface area contributed by atoms with Crippen molar-refractivity contribution >= 4 is 11.6 Å². The zero-order chi connectivity index (χ0) is 13.0. The van der Waals surface area contributed by atoms with Crippen molar-refractivity contribution in [3.05, 3.63) is 29.8 Å². The van der Waals surface area contributed by atoms with Crippen LogP contribution in [0, 0.1) is 0 Å². The number of carbonyl (C=O) groups excluding carboxylic acids is 1. The van der Waals surface area contributed by atoms with Crippen LogP contribution >= 0.6 is 0 Å². The average Bonchev–Trinajstić information content (AvgIpc) is 2.70. The second kappa shape index (κ2) is 5.89. The summed E-state index contributed by atoms with van der Waals surface area (Å²) in [6.07, 6.45) is 4.50. The SMILES string of the molecule is CCCCc1ccc(NC2CCN(C)C2=O)cc1. The quantitative estimate of drug-likeness (QED) is 0.866. The summed E-state index contributed by atoms with van der Waals surface area (Å²) >= 11 is 0. The van der Waals surface area contributed by atoms with Gasteiger partial charge < -0.3 is 10.2 Å². The molecule has 0 radical (unpaired) electrons. The Morgan fingerprint density at radius 2 is 2.06 bits per heavy atom. The second-order valence-electron chi connectivity index (χ2n) is 5.05. The third kappa shape index (κ3) is 3.03. The molecular formula is C15H22N2O. The molecule has 1 fully saturated rings. The first kappa shape index (κ1) is 12.9. The Balaban J connectivity index is 1.92. The van der Waals surface area contributed by atoms with Gasteiger partial charge in [-0.1, -0.05) is 25.5 Å². The van der Waals surface area contributed by atoms with Crippen molar-refractivity contribution < 1.29 is 4.79 Å². The Morgan fingerprint density at radius 1 is 1.33 bits per heavy atom. The summed E-state index contributed by atoms with van der Waals surface area (Å²) in [4.78, 5) is 13.6. The molecule has 3 heteroatoms. The van der Waals surface area contributed by atoms with Crippen LogP contribution in [-0.2, 0) is 11.2 Å². The van der Waals surface area contributed by atoms with E-state index in [1.54, 1.807) is 4.90 Å². The number of hydrogen-bond acceptors (Lipinski definition) is 2. The zero-order valence-electron chi connectivity index (χ0n) is 11.3. The summed E-state index contributed by atoms with van der Waals surface area (Å²) in [5, 5.41) is 3.31. The van der Waals surface area contributed by atoms with E-state index >= 15 is 0 Å². The van der Waals surface area contributed by atoms with Crippen molar-refractivity contribution in [2.45, 2.75) is 38.6 Å². The number of likely N-dealkylation sites (N-methyl/N-ethyl adjacent to an activating group) is 1. The van der Waals surface area contributed by atoms with Gasteiger partial charge in [-0.05, 0) is 37.0 Å². The van der Waals surface area contributed by atoms with Crippen LogP contribution in [0.5, 0.6) is 0 Å². The second-order valence-corrected chi connectivity index (χ2v) is 5.05. The molecular weight excluding hydrogens is 224 g/mol. The number of hydrogen-bond donors (Lipinski definition) is 1. The van der Waals surface area contributed by atoms with Crippen LogP contribution < -0.4 is 5.32 Å². The lowest BCUT2D eigenvalue weighted by Crippen LogP contribution is -2.30. The minimum atomic E-state index is -0.0449. The predicted octanol–water partition coefficient (Wildman–Crippen LogP) is 2.67. The Morgan fingerprint density at radius 3 is 2.61 bits per heavy atom. The van der Waals surface area contributed by atoms with Gasteiger partial charge >= 0.3 is 0 Å². The van der Waals surface area contributed by atoms with E-state index in [0.717, 1.165) is 25.1 Å². The molecule has 0 spiro atoms. The van der Waals surface area contributed by atoms with Gasteiger partial charge in [-0.2, -0.15) is 0 Å². The monoisotopic (exact) mass is 246 g/mol. The molecule has 0 saturated carbocycles. The van der Waals surface area contributed by atoms with Crippen molar-refractivity contribution in [1.29, 1.82) is 0 Å². The highest BCUT2D eigenvalue weighted by Gasteiger charge is 2.28. The van der Waals surface area contributed by atoms with Crippen LogP contribution in [0.15, 0.2) is 24.3 Å². The Labute approximate surface area is 109 Å². The summed E-state index contributed by atoms with van der Waals surface area (Å²) in [6, 6.07) is 8.42. The van der Waals surface area contributed by atoms with Crippen LogP contribution in [0.3, 0.4) is 0 Å². The summed E-state index contributed by atoms with van der Waals surface area (Å²) in [5.74, 6) is 0.199. The molecule has 1 saturated heterocycles. The molecule has 1 unspecified atom stereocenters. The van der Waals surface area contributed by atoms with E-state index in [9.17, 15) is 4.79 Å². The van der Waals surface area contributed by atoms with Crippen molar-refractivity contribution in [1.82, 2.24) is 4.90 Å². The molecule has 1 N–H and O–H groups in total. The number of aryl methyl sites for hydroxylation is 1. The van der Waals surface area contributed by atoms with Crippen LogP contribution in [0.1, 0.15) is 31.7 Å². The number of unbranched alkanes of at least 4 members (excludes halogenated alkanes) is 1.